The minimum atomic E-state index is -0.112. The fourth-order valence-corrected chi connectivity index (χ4v) is 4.11. The first-order chi connectivity index (χ1) is 13.8. The SMILES string of the molecule is NC(NCC1=CCCC=C1)C1=CCC(c2cccc(C3C=CC=CC3)c2)C=C1. The average molecular weight is 371 g/mol. The lowest BCUT2D eigenvalue weighted by atomic mass is 9.85. The van der Waals surface area contributed by atoms with Gasteiger partial charge in [-0.2, -0.15) is 0 Å². The first-order valence-electron chi connectivity index (χ1n) is 10.5. The van der Waals surface area contributed by atoms with Crippen LogP contribution in [-0.2, 0) is 0 Å². The Labute approximate surface area is 168 Å². The van der Waals surface area contributed by atoms with Crippen molar-refractivity contribution in [1.82, 2.24) is 5.32 Å². The number of rotatable bonds is 6. The highest BCUT2D eigenvalue weighted by Gasteiger charge is 2.16. The Morgan fingerprint density at radius 1 is 0.929 bits per heavy atom. The van der Waals surface area contributed by atoms with Crippen LogP contribution in [0.1, 0.15) is 48.6 Å². The van der Waals surface area contributed by atoms with Gasteiger partial charge in [-0.1, -0.05) is 85.0 Å². The van der Waals surface area contributed by atoms with Crippen LogP contribution in [0.4, 0.5) is 0 Å². The maximum atomic E-state index is 6.38. The minimum Gasteiger partial charge on any atom is -0.312 e. The normalized spacial score (nSPS) is 24.8. The number of nitrogens with two attached hydrogens (primary N) is 1. The molecule has 0 saturated heterocycles. The fourth-order valence-electron chi connectivity index (χ4n) is 4.11. The van der Waals surface area contributed by atoms with E-state index < -0.39 is 0 Å². The average Bonchev–Trinajstić information content (AvgIpc) is 2.79. The van der Waals surface area contributed by atoms with Crippen molar-refractivity contribution in [3.8, 4) is 0 Å². The van der Waals surface area contributed by atoms with Gasteiger partial charge in [0, 0.05) is 18.4 Å². The number of hydrogen-bond donors (Lipinski definition) is 2. The van der Waals surface area contributed by atoms with Gasteiger partial charge in [-0.15, -0.1) is 0 Å². The molecule has 0 amide bonds. The van der Waals surface area contributed by atoms with Gasteiger partial charge < -0.3 is 5.73 Å². The van der Waals surface area contributed by atoms with Crippen molar-refractivity contribution < 1.29 is 0 Å². The van der Waals surface area contributed by atoms with Crippen molar-refractivity contribution >= 4 is 0 Å². The number of allylic oxidation sites excluding steroid dienone is 8. The van der Waals surface area contributed by atoms with Gasteiger partial charge in [0.05, 0.1) is 6.17 Å². The molecule has 4 rings (SSSR count). The van der Waals surface area contributed by atoms with Crippen LogP contribution in [0.3, 0.4) is 0 Å². The minimum absolute atomic E-state index is 0.112. The maximum absolute atomic E-state index is 6.38. The maximum Gasteiger partial charge on any atom is 0.0809 e. The van der Waals surface area contributed by atoms with Gasteiger partial charge in [0.15, 0.2) is 0 Å². The molecule has 144 valence electrons. The van der Waals surface area contributed by atoms with E-state index in [2.05, 4.69) is 90.3 Å². The molecule has 28 heavy (non-hydrogen) atoms. The van der Waals surface area contributed by atoms with Gasteiger partial charge in [0.25, 0.3) is 0 Å². The Hall–Kier alpha value is -2.42. The molecule has 3 N–H and O–H groups in total. The lowest BCUT2D eigenvalue weighted by molar-refractivity contribution is 0.622. The molecule has 0 bridgehead atoms. The highest BCUT2D eigenvalue weighted by molar-refractivity contribution is 5.39. The summed E-state index contributed by atoms with van der Waals surface area (Å²) in [6.07, 6.45) is 26.7. The summed E-state index contributed by atoms with van der Waals surface area (Å²) in [7, 11) is 0. The van der Waals surface area contributed by atoms with Crippen LogP contribution >= 0.6 is 0 Å². The molecule has 0 radical (unpaired) electrons. The second kappa shape index (κ2) is 9.18. The summed E-state index contributed by atoms with van der Waals surface area (Å²) in [5.41, 5.74) is 11.7. The highest BCUT2D eigenvalue weighted by atomic mass is 15.0. The summed E-state index contributed by atoms with van der Waals surface area (Å²) in [6.45, 7) is 0.831. The molecule has 2 nitrogen and oxygen atoms in total. The summed E-state index contributed by atoms with van der Waals surface area (Å²) in [5.74, 6) is 0.937. The lowest BCUT2D eigenvalue weighted by Gasteiger charge is -2.23. The molecule has 0 fully saturated rings. The lowest BCUT2D eigenvalue weighted by Crippen LogP contribution is -2.40. The summed E-state index contributed by atoms with van der Waals surface area (Å²) in [4.78, 5) is 0. The van der Waals surface area contributed by atoms with Gasteiger partial charge in [0.1, 0.15) is 0 Å². The monoisotopic (exact) mass is 370 g/mol. The fraction of sp³-hybridized carbons (Fsp3) is 0.308. The van der Waals surface area contributed by atoms with Gasteiger partial charge in [-0.05, 0) is 48.0 Å². The van der Waals surface area contributed by atoms with E-state index in [-0.39, 0.29) is 6.17 Å². The summed E-state index contributed by atoms with van der Waals surface area (Å²) in [6, 6.07) is 9.07. The topological polar surface area (TPSA) is 38.0 Å². The molecule has 0 aromatic heterocycles. The summed E-state index contributed by atoms with van der Waals surface area (Å²) >= 11 is 0. The van der Waals surface area contributed by atoms with Crippen molar-refractivity contribution in [1.29, 1.82) is 0 Å². The third-order valence-electron chi connectivity index (χ3n) is 5.83. The summed E-state index contributed by atoms with van der Waals surface area (Å²) < 4.78 is 0. The van der Waals surface area contributed by atoms with E-state index in [1.165, 1.54) is 22.3 Å². The third kappa shape index (κ3) is 4.70. The number of nitrogens with one attached hydrogen (secondary N) is 1. The van der Waals surface area contributed by atoms with Crippen molar-refractivity contribution in [3.05, 3.63) is 107 Å². The second-order valence-corrected chi connectivity index (χ2v) is 7.85. The molecule has 3 atom stereocenters. The third-order valence-corrected chi connectivity index (χ3v) is 5.83. The zero-order valence-corrected chi connectivity index (χ0v) is 16.4. The van der Waals surface area contributed by atoms with Crippen LogP contribution in [0.5, 0.6) is 0 Å². The van der Waals surface area contributed by atoms with Crippen LogP contribution in [0, 0.1) is 0 Å². The van der Waals surface area contributed by atoms with Crippen molar-refractivity contribution in [2.24, 2.45) is 5.73 Å². The van der Waals surface area contributed by atoms with Crippen molar-refractivity contribution in [3.63, 3.8) is 0 Å². The summed E-state index contributed by atoms with van der Waals surface area (Å²) in [5, 5.41) is 3.45. The van der Waals surface area contributed by atoms with Crippen LogP contribution in [0.15, 0.2) is 96.2 Å². The molecular formula is C26H30N2. The molecule has 1 aromatic carbocycles. The highest BCUT2D eigenvalue weighted by Crippen LogP contribution is 2.31. The second-order valence-electron chi connectivity index (χ2n) is 7.85. The largest absolute Gasteiger partial charge is 0.312 e. The Morgan fingerprint density at radius 3 is 2.46 bits per heavy atom. The van der Waals surface area contributed by atoms with E-state index in [1.807, 2.05) is 0 Å². The first-order valence-corrected chi connectivity index (χ1v) is 10.5. The van der Waals surface area contributed by atoms with Crippen LogP contribution in [0.25, 0.3) is 0 Å². The predicted octanol–water partition coefficient (Wildman–Crippen LogP) is 5.41. The van der Waals surface area contributed by atoms with E-state index in [4.69, 9.17) is 5.73 Å². The molecule has 0 saturated carbocycles. The Kier molecular flexibility index (Phi) is 6.20. The number of benzene rings is 1. The molecular weight excluding hydrogens is 340 g/mol. The molecule has 3 aliphatic rings. The Morgan fingerprint density at radius 2 is 1.79 bits per heavy atom. The standard InChI is InChI=1S/C26H30N2/c27-26(28-19-20-8-3-1-4-9-20)23-16-14-22(15-17-23)25-13-7-12-24(18-25)21-10-5-2-6-11-21/h2-3,5-10,12-14,16-18,21-22,26,28H,1,4,11,15,19,27H2. The first kappa shape index (κ1) is 18.9. The van der Waals surface area contributed by atoms with Gasteiger partial charge in [-0.3, -0.25) is 5.32 Å². The smallest absolute Gasteiger partial charge is 0.0809 e. The van der Waals surface area contributed by atoms with E-state index in [0.29, 0.717) is 11.8 Å². The molecule has 1 aromatic rings. The molecule has 0 heterocycles. The zero-order valence-electron chi connectivity index (χ0n) is 16.4. The molecule has 2 heteroatoms. The van der Waals surface area contributed by atoms with E-state index in [1.54, 1.807) is 0 Å². The Balaban J connectivity index is 1.35. The quantitative estimate of drug-likeness (QED) is 0.657. The zero-order chi connectivity index (χ0) is 19.2. The van der Waals surface area contributed by atoms with Gasteiger partial charge in [0.2, 0.25) is 0 Å². The van der Waals surface area contributed by atoms with E-state index in [0.717, 1.165) is 32.2 Å². The molecule has 0 aliphatic heterocycles. The van der Waals surface area contributed by atoms with Crippen LogP contribution in [0.2, 0.25) is 0 Å². The molecule has 3 aliphatic carbocycles. The van der Waals surface area contributed by atoms with Crippen molar-refractivity contribution in [2.75, 3.05) is 6.54 Å². The van der Waals surface area contributed by atoms with E-state index in [9.17, 15) is 0 Å². The predicted molar refractivity (Wildman–Crippen MR) is 119 cm³/mol. The van der Waals surface area contributed by atoms with Crippen LogP contribution < -0.4 is 11.1 Å². The van der Waals surface area contributed by atoms with E-state index >= 15 is 0 Å². The van der Waals surface area contributed by atoms with Gasteiger partial charge in [-0.25, -0.2) is 0 Å². The molecule has 3 unspecified atom stereocenters. The number of hydrogen-bond acceptors (Lipinski definition) is 2. The van der Waals surface area contributed by atoms with Crippen LogP contribution in [-0.4, -0.2) is 12.7 Å². The Bertz CT molecular complexity index is 866. The van der Waals surface area contributed by atoms with Gasteiger partial charge >= 0.3 is 0 Å². The van der Waals surface area contributed by atoms with Crippen molar-refractivity contribution in [2.45, 2.75) is 43.7 Å². The molecule has 0 spiro atoms.